The second-order valence-electron chi connectivity index (χ2n) is 10.9. The zero-order chi connectivity index (χ0) is 31.3. The number of β-amino-alcohol motifs (C(OH)–C–C–N with tert-alkyl or cyclic N) is 1. The second kappa shape index (κ2) is 14.1. The number of carbonyl (C=O) groups is 2. The summed E-state index contributed by atoms with van der Waals surface area (Å²) in [6, 6.07) is 0. The molecule has 43 heavy (non-hydrogen) atoms. The monoisotopic (exact) mass is 609 g/mol. The molecular formula is C29H39NO13. The Morgan fingerprint density at radius 1 is 1.14 bits per heavy atom. The van der Waals surface area contributed by atoms with Gasteiger partial charge in [-0.3, -0.25) is 0 Å². The summed E-state index contributed by atoms with van der Waals surface area (Å²) in [5.74, 6) is -6.39. The molecule has 3 aliphatic heterocycles. The molecule has 0 aromatic heterocycles. The minimum atomic E-state index is -3.07. The number of hydrogen-bond acceptors (Lipinski definition) is 13. The summed E-state index contributed by atoms with van der Waals surface area (Å²) in [6.45, 7) is -0.483. The van der Waals surface area contributed by atoms with E-state index >= 15 is 0 Å². The van der Waals surface area contributed by atoms with Crippen LogP contribution in [0.15, 0.2) is 59.1 Å². The number of aliphatic hydroxyl groups is 6. The van der Waals surface area contributed by atoms with Crippen LogP contribution >= 0.6 is 0 Å². The zero-order valence-corrected chi connectivity index (χ0v) is 23.7. The van der Waals surface area contributed by atoms with Crippen molar-refractivity contribution in [1.82, 2.24) is 4.90 Å². The predicted molar refractivity (Wildman–Crippen MR) is 146 cm³/mol. The average Bonchev–Trinajstić information content (AvgIpc) is 3.50. The summed E-state index contributed by atoms with van der Waals surface area (Å²) >= 11 is 0. The summed E-state index contributed by atoms with van der Waals surface area (Å²) in [7, 11) is 1.21. The quantitative estimate of drug-likeness (QED) is 0.0901. The number of hydrogen-bond donors (Lipinski definition) is 7. The number of esters is 1. The van der Waals surface area contributed by atoms with Crippen molar-refractivity contribution in [3.8, 4) is 0 Å². The van der Waals surface area contributed by atoms with Gasteiger partial charge in [-0.1, -0.05) is 23.8 Å². The molecule has 0 bridgehead atoms. The van der Waals surface area contributed by atoms with E-state index in [1.54, 1.807) is 17.1 Å². The number of nitrogens with zero attached hydrogens (tertiary/aromatic N) is 1. The Balaban J connectivity index is 1.70. The fourth-order valence-electron chi connectivity index (χ4n) is 5.62. The first-order valence-corrected chi connectivity index (χ1v) is 14.0. The van der Waals surface area contributed by atoms with Gasteiger partial charge < -0.3 is 59.6 Å². The number of allylic oxidation sites excluding steroid dienone is 2. The van der Waals surface area contributed by atoms with Crippen LogP contribution in [0.4, 0.5) is 0 Å². The van der Waals surface area contributed by atoms with E-state index in [-0.39, 0.29) is 24.3 Å². The lowest BCUT2D eigenvalue weighted by Crippen LogP contribution is -2.68. The van der Waals surface area contributed by atoms with E-state index in [9.17, 15) is 45.3 Å². The van der Waals surface area contributed by atoms with Gasteiger partial charge in [-0.05, 0) is 37.3 Å². The van der Waals surface area contributed by atoms with E-state index in [1.165, 1.54) is 19.4 Å². The molecule has 3 heterocycles. The Kier molecular flexibility index (Phi) is 10.8. The number of carbonyl (C=O) groups excluding carboxylic acids is 1. The van der Waals surface area contributed by atoms with Crippen LogP contribution in [0.25, 0.3) is 0 Å². The molecule has 0 aromatic carbocycles. The second-order valence-corrected chi connectivity index (χ2v) is 10.9. The Morgan fingerprint density at radius 2 is 1.86 bits per heavy atom. The average molecular weight is 610 g/mol. The maximum absolute atomic E-state index is 12.9. The number of methoxy groups -OCH3 is 1. The van der Waals surface area contributed by atoms with Gasteiger partial charge in [-0.25, -0.2) is 9.59 Å². The van der Waals surface area contributed by atoms with Crippen molar-refractivity contribution in [3.05, 3.63) is 59.1 Å². The first kappa shape index (κ1) is 32.8. The molecule has 7 N–H and O–H groups in total. The molecule has 14 nitrogen and oxygen atoms in total. The molecule has 4 aliphatic rings. The van der Waals surface area contributed by atoms with E-state index < -0.39 is 67.1 Å². The number of carboxylic acid groups (broad SMARTS) is 1. The molecule has 0 spiro atoms. The highest BCUT2D eigenvalue weighted by atomic mass is 16.8. The van der Waals surface area contributed by atoms with Crippen molar-refractivity contribution in [2.75, 3.05) is 33.4 Å². The maximum atomic E-state index is 12.9. The van der Waals surface area contributed by atoms with E-state index in [2.05, 4.69) is 0 Å². The lowest BCUT2D eigenvalue weighted by molar-refractivity contribution is -0.404. The van der Waals surface area contributed by atoms with Gasteiger partial charge in [0.1, 0.15) is 12.2 Å². The zero-order valence-electron chi connectivity index (χ0n) is 23.7. The van der Waals surface area contributed by atoms with Gasteiger partial charge in [-0.15, -0.1) is 0 Å². The SMILES string of the molecule is COC(=O)C1=COC(OC2OC(CO)C(O)C(O)(O)C2O)C(C=C2CCCC2)C1C=CC1=CC(C(=O)O)=CN(CCO)C1. The third-order valence-corrected chi connectivity index (χ3v) is 7.95. The van der Waals surface area contributed by atoms with Gasteiger partial charge in [-0.2, -0.15) is 0 Å². The molecule has 0 aromatic rings. The predicted octanol–water partition coefficient (Wildman–Crippen LogP) is -0.972. The molecule has 7 atom stereocenters. The summed E-state index contributed by atoms with van der Waals surface area (Å²) in [4.78, 5) is 26.2. The van der Waals surface area contributed by atoms with Crippen molar-refractivity contribution in [2.45, 2.75) is 62.4 Å². The number of carboxylic acids is 1. The summed E-state index contributed by atoms with van der Waals surface area (Å²) in [5.41, 5.74) is 1.80. The fraction of sp³-hybridized carbons (Fsp3) is 0.586. The largest absolute Gasteiger partial charge is 0.478 e. The maximum Gasteiger partial charge on any atom is 0.337 e. The summed E-state index contributed by atoms with van der Waals surface area (Å²) < 4.78 is 22.1. The van der Waals surface area contributed by atoms with Crippen molar-refractivity contribution >= 4 is 11.9 Å². The van der Waals surface area contributed by atoms with E-state index in [0.29, 0.717) is 12.1 Å². The van der Waals surface area contributed by atoms with E-state index in [0.717, 1.165) is 37.5 Å². The van der Waals surface area contributed by atoms with Crippen LogP contribution in [0.3, 0.4) is 0 Å². The lowest BCUT2D eigenvalue weighted by Gasteiger charge is -2.46. The minimum Gasteiger partial charge on any atom is -0.478 e. The van der Waals surface area contributed by atoms with E-state index in [1.807, 2.05) is 6.08 Å². The number of ether oxygens (including phenoxy) is 4. The number of aliphatic carboxylic acids is 1. The van der Waals surface area contributed by atoms with Gasteiger partial charge >= 0.3 is 11.9 Å². The van der Waals surface area contributed by atoms with Crippen LogP contribution in [0, 0.1) is 11.8 Å². The van der Waals surface area contributed by atoms with Gasteiger partial charge in [0.25, 0.3) is 0 Å². The lowest BCUT2D eigenvalue weighted by atomic mass is 9.81. The van der Waals surface area contributed by atoms with Crippen molar-refractivity contribution in [2.24, 2.45) is 11.8 Å². The molecule has 1 saturated heterocycles. The highest BCUT2D eigenvalue weighted by molar-refractivity contribution is 5.90. The molecule has 0 amide bonds. The number of aliphatic hydroxyl groups excluding tert-OH is 4. The van der Waals surface area contributed by atoms with Crippen LogP contribution in [0.5, 0.6) is 0 Å². The highest BCUT2D eigenvalue weighted by Crippen LogP contribution is 2.39. The normalized spacial score (nSPS) is 32.5. The standard InChI is InChI=1S/C29H39NO13/c1-40-26(37)21-15-41-27(43-28-24(34)29(38,39)23(33)22(14-32)42-28)20(11-16-4-2-3-5-16)19(21)7-6-17-10-18(25(35)36)13-30(12-17)8-9-31/h6-7,10-11,13,15,19-20,22-24,27-28,31-34,38-39H,2-5,8-9,12,14H2,1H3,(H,35,36). The first-order chi connectivity index (χ1) is 20.5. The van der Waals surface area contributed by atoms with Gasteiger partial charge in [0.05, 0.1) is 43.6 Å². The molecule has 4 rings (SSSR count). The van der Waals surface area contributed by atoms with Crippen LogP contribution in [0.1, 0.15) is 25.7 Å². The molecule has 0 radical (unpaired) electrons. The first-order valence-electron chi connectivity index (χ1n) is 14.0. The highest BCUT2D eigenvalue weighted by Gasteiger charge is 2.56. The Morgan fingerprint density at radius 3 is 2.49 bits per heavy atom. The van der Waals surface area contributed by atoms with Crippen LogP contribution in [-0.2, 0) is 28.5 Å². The smallest absolute Gasteiger partial charge is 0.337 e. The van der Waals surface area contributed by atoms with Crippen molar-refractivity contribution in [3.63, 3.8) is 0 Å². The fourth-order valence-corrected chi connectivity index (χ4v) is 5.62. The molecule has 1 saturated carbocycles. The van der Waals surface area contributed by atoms with E-state index in [4.69, 9.17) is 18.9 Å². The summed E-state index contributed by atoms with van der Waals surface area (Å²) in [6.07, 6.45) is 4.16. The Bertz CT molecular complexity index is 1180. The Labute approximate surface area is 248 Å². The molecular weight excluding hydrogens is 570 g/mol. The summed E-state index contributed by atoms with van der Waals surface area (Å²) in [5, 5.41) is 69.9. The minimum absolute atomic E-state index is 0.0152. The molecule has 7 unspecified atom stereocenters. The van der Waals surface area contributed by atoms with Crippen molar-refractivity contribution in [1.29, 1.82) is 0 Å². The Hall–Kier alpha value is -3.08. The molecule has 14 heteroatoms. The van der Waals surface area contributed by atoms with Crippen molar-refractivity contribution < 1.29 is 64.3 Å². The topological polar surface area (TPSA) is 216 Å². The third kappa shape index (κ3) is 7.36. The van der Waals surface area contributed by atoms with Gasteiger partial charge in [0.15, 0.2) is 12.4 Å². The third-order valence-electron chi connectivity index (χ3n) is 7.95. The van der Waals surface area contributed by atoms with Crippen LogP contribution in [0.2, 0.25) is 0 Å². The molecule has 2 fully saturated rings. The molecule has 1 aliphatic carbocycles. The molecule has 238 valence electrons. The van der Waals surface area contributed by atoms with Crippen LogP contribution in [-0.4, -0.2) is 123 Å². The van der Waals surface area contributed by atoms with Gasteiger partial charge in [0, 0.05) is 25.2 Å². The van der Waals surface area contributed by atoms with Crippen LogP contribution < -0.4 is 0 Å². The number of rotatable bonds is 10. The van der Waals surface area contributed by atoms with Gasteiger partial charge in [0.2, 0.25) is 12.1 Å².